The molecule has 1 rings (SSSR count). The molecule has 0 unspecified atom stereocenters. The summed E-state index contributed by atoms with van der Waals surface area (Å²) in [6.07, 6.45) is 3.96. The van der Waals surface area contributed by atoms with Crippen LogP contribution in [0, 0.1) is 5.92 Å². The molecule has 66 valence electrons. The lowest BCUT2D eigenvalue weighted by molar-refractivity contribution is 0.183. The third kappa shape index (κ3) is 3.21. The monoisotopic (exact) mass is 156 g/mol. The quantitative estimate of drug-likeness (QED) is 0.662. The van der Waals surface area contributed by atoms with Crippen LogP contribution in [0.2, 0.25) is 0 Å². The molecule has 1 atom stereocenters. The van der Waals surface area contributed by atoms with Crippen LogP contribution in [-0.2, 0) is 0 Å². The minimum Gasteiger partial charge on any atom is -0.330 e. The average molecular weight is 156 g/mol. The zero-order chi connectivity index (χ0) is 8.10. The van der Waals surface area contributed by atoms with Crippen molar-refractivity contribution < 1.29 is 0 Å². The molecule has 1 fully saturated rings. The highest BCUT2D eigenvalue weighted by Crippen LogP contribution is 2.14. The third-order valence-electron chi connectivity index (χ3n) is 2.42. The van der Waals surface area contributed by atoms with E-state index in [2.05, 4.69) is 11.8 Å². The smallest absolute Gasteiger partial charge is 0.000703 e. The molecule has 0 radical (unpaired) electrons. The zero-order valence-corrected chi connectivity index (χ0v) is 7.55. The van der Waals surface area contributed by atoms with Gasteiger partial charge in [-0.2, -0.15) is 0 Å². The first-order valence-electron chi connectivity index (χ1n) is 4.75. The molecule has 0 spiro atoms. The third-order valence-corrected chi connectivity index (χ3v) is 2.42. The molecule has 1 saturated heterocycles. The van der Waals surface area contributed by atoms with Gasteiger partial charge >= 0.3 is 0 Å². The van der Waals surface area contributed by atoms with E-state index in [1.807, 2.05) is 0 Å². The van der Waals surface area contributed by atoms with E-state index in [4.69, 9.17) is 5.73 Å². The van der Waals surface area contributed by atoms with Gasteiger partial charge in [-0.1, -0.05) is 6.92 Å². The van der Waals surface area contributed by atoms with Gasteiger partial charge in [0.05, 0.1) is 0 Å². The van der Waals surface area contributed by atoms with Crippen LogP contribution >= 0.6 is 0 Å². The summed E-state index contributed by atoms with van der Waals surface area (Å²) < 4.78 is 0. The molecule has 0 amide bonds. The topological polar surface area (TPSA) is 29.3 Å². The second-order valence-electron chi connectivity index (χ2n) is 3.69. The summed E-state index contributed by atoms with van der Waals surface area (Å²) in [6, 6.07) is 0. The van der Waals surface area contributed by atoms with Gasteiger partial charge in [0, 0.05) is 6.54 Å². The first-order valence-corrected chi connectivity index (χ1v) is 4.75. The normalized spacial score (nSPS) is 27.3. The average Bonchev–Trinajstić information content (AvgIpc) is 2.01. The lowest BCUT2D eigenvalue weighted by Crippen LogP contribution is -2.35. The van der Waals surface area contributed by atoms with Crippen molar-refractivity contribution in [1.82, 2.24) is 4.90 Å². The van der Waals surface area contributed by atoms with Gasteiger partial charge in [-0.15, -0.1) is 0 Å². The molecule has 0 aromatic rings. The molecule has 2 nitrogen and oxygen atoms in total. The fourth-order valence-corrected chi connectivity index (χ4v) is 1.80. The number of hydrogen-bond donors (Lipinski definition) is 1. The summed E-state index contributed by atoms with van der Waals surface area (Å²) in [6.45, 7) is 6.98. The number of nitrogens with zero attached hydrogens (tertiary/aromatic N) is 1. The predicted molar refractivity (Wildman–Crippen MR) is 48.5 cm³/mol. The van der Waals surface area contributed by atoms with Gasteiger partial charge in [0.1, 0.15) is 0 Å². The van der Waals surface area contributed by atoms with E-state index in [0.717, 1.165) is 18.9 Å². The molecule has 0 aromatic carbocycles. The Hall–Kier alpha value is -0.0800. The highest BCUT2D eigenvalue weighted by atomic mass is 15.1. The molecule has 0 saturated carbocycles. The van der Waals surface area contributed by atoms with Gasteiger partial charge in [0.2, 0.25) is 0 Å². The molecule has 0 aromatic heterocycles. The minimum atomic E-state index is 0.838. The molecule has 2 N–H and O–H groups in total. The fraction of sp³-hybridized carbons (Fsp3) is 1.00. The van der Waals surface area contributed by atoms with Crippen molar-refractivity contribution in [3.05, 3.63) is 0 Å². The SMILES string of the molecule is C[C@H]1CCCN(CCCN)C1. The van der Waals surface area contributed by atoms with Crippen LogP contribution in [0.1, 0.15) is 26.2 Å². The van der Waals surface area contributed by atoms with Gasteiger partial charge in [-0.25, -0.2) is 0 Å². The first-order chi connectivity index (χ1) is 5.33. The van der Waals surface area contributed by atoms with Crippen molar-refractivity contribution in [3.63, 3.8) is 0 Å². The Bertz CT molecular complexity index is 104. The van der Waals surface area contributed by atoms with Crippen LogP contribution in [0.25, 0.3) is 0 Å². The van der Waals surface area contributed by atoms with Crippen molar-refractivity contribution in [2.75, 3.05) is 26.2 Å². The number of rotatable bonds is 3. The van der Waals surface area contributed by atoms with Crippen molar-refractivity contribution in [2.24, 2.45) is 11.7 Å². The molecule has 11 heavy (non-hydrogen) atoms. The summed E-state index contributed by atoms with van der Waals surface area (Å²) in [7, 11) is 0. The van der Waals surface area contributed by atoms with Crippen molar-refractivity contribution >= 4 is 0 Å². The Balaban J connectivity index is 2.12. The van der Waals surface area contributed by atoms with Crippen LogP contribution in [0.4, 0.5) is 0 Å². The molecule has 1 aliphatic rings. The number of likely N-dealkylation sites (tertiary alicyclic amines) is 1. The van der Waals surface area contributed by atoms with Crippen LogP contribution in [0.5, 0.6) is 0 Å². The summed E-state index contributed by atoms with van der Waals surface area (Å²) >= 11 is 0. The van der Waals surface area contributed by atoms with E-state index >= 15 is 0 Å². The van der Waals surface area contributed by atoms with Crippen LogP contribution in [0.15, 0.2) is 0 Å². The molecule has 0 aliphatic carbocycles. The van der Waals surface area contributed by atoms with Crippen LogP contribution in [-0.4, -0.2) is 31.1 Å². The van der Waals surface area contributed by atoms with Crippen molar-refractivity contribution in [1.29, 1.82) is 0 Å². The van der Waals surface area contributed by atoms with Gasteiger partial charge in [-0.05, 0) is 44.8 Å². The lowest BCUT2D eigenvalue weighted by atomic mass is 10.0. The Morgan fingerprint density at radius 3 is 3.00 bits per heavy atom. The minimum absolute atomic E-state index is 0.838. The number of nitrogens with two attached hydrogens (primary N) is 1. The van der Waals surface area contributed by atoms with E-state index in [9.17, 15) is 0 Å². The summed E-state index contributed by atoms with van der Waals surface area (Å²) in [5.74, 6) is 0.904. The van der Waals surface area contributed by atoms with Gasteiger partial charge < -0.3 is 10.6 Å². The van der Waals surface area contributed by atoms with E-state index in [1.54, 1.807) is 0 Å². The van der Waals surface area contributed by atoms with E-state index in [1.165, 1.54) is 32.5 Å². The predicted octanol–water partition coefficient (Wildman–Crippen LogP) is 1.07. The highest BCUT2D eigenvalue weighted by molar-refractivity contribution is 4.69. The summed E-state index contributed by atoms with van der Waals surface area (Å²) in [4.78, 5) is 2.54. The zero-order valence-electron chi connectivity index (χ0n) is 7.55. The molecular weight excluding hydrogens is 136 g/mol. The molecule has 1 aliphatic heterocycles. The maximum atomic E-state index is 5.45. The molecule has 2 heteroatoms. The van der Waals surface area contributed by atoms with Gasteiger partial charge in [0.25, 0.3) is 0 Å². The van der Waals surface area contributed by atoms with E-state index in [-0.39, 0.29) is 0 Å². The standard InChI is InChI=1S/C9H20N2/c1-9-4-2-6-11(8-9)7-3-5-10/h9H,2-8,10H2,1H3/t9-/m0/s1. The lowest BCUT2D eigenvalue weighted by Gasteiger charge is -2.30. The van der Waals surface area contributed by atoms with Crippen LogP contribution in [0.3, 0.4) is 0 Å². The Kier molecular flexibility index (Phi) is 3.87. The van der Waals surface area contributed by atoms with Gasteiger partial charge in [0.15, 0.2) is 0 Å². The van der Waals surface area contributed by atoms with Gasteiger partial charge in [-0.3, -0.25) is 0 Å². The summed E-state index contributed by atoms with van der Waals surface area (Å²) in [5, 5.41) is 0. The highest BCUT2D eigenvalue weighted by Gasteiger charge is 2.14. The number of hydrogen-bond acceptors (Lipinski definition) is 2. The second kappa shape index (κ2) is 4.73. The number of piperidine rings is 1. The molecular formula is C9H20N2. The summed E-state index contributed by atoms with van der Waals surface area (Å²) in [5.41, 5.74) is 5.45. The maximum absolute atomic E-state index is 5.45. The largest absolute Gasteiger partial charge is 0.330 e. The maximum Gasteiger partial charge on any atom is 0.000703 e. The Labute approximate surface area is 69.8 Å². The van der Waals surface area contributed by atoms with Crippen molar-refractivity contribution in [3.8, 4) is 0 Å². The Morgan fingerprint density at radius 1 is 1.55 bits per heavy atom. The Morgan fingerprint density at radius 2 is 2.36 bits per heavy atom. The first kappa shape index (κ1) is 9.01. The van der Waals surface area contributed by atoms with E-state index in [0.29, 0.717) is 0 Å². The second-order valence-corrected chi connectivity index (χ2v) is 3.69. The van der Waals surface area contributed by atoms with E-state index < -0.39 is 0 Å². The molecule has 0 bridgehead atoms. The van der Waals surface area contributed by atoms with Crippen LogP contribution < -0.4 is 5.73 Å². The molecule has 1 heterocycles. The van der Waals surface area contributed by atoms with Crippen molar-refractivity contribution in [2.45, 2.75) is 26.2 Å². The fourth-order valence-electron chi connectivity index (χ4n) is 1.80.